The Morgan fingerprint density at radius 3 is 2.21 bits per heavy atom. The number of hydrogen-bond donors (Lipinski definition) is 2. The predicted octanol–water partition coefficient (Wildman–Crippen LogP) is 1.98. The van der Waals surface area contributed by atoms with Crippen molar-refractivity contribution in [3.8, 4) is 11.5 Å². The fourth-order valence-electron chi connectivity index (χ4n) is 2.54. The van der Waals surface area contributed by atoms with E-state index >= 15 is 0 Å². The third kappa shape index (κ3) is 2.94. The first-order chi connectivity index (χ1) is 11.4. The summed E-state index contributed by atoms with van der Waals surface area (Å²) in [7, 11) is 1.78. The van der Waals surface area contributed by atoms with Crippen molar-refractivity contribution in [1.29, 1.82) is 0 Å². The molecule has 2 N–H and O–H groups in total. The van der Waals surface area contributed by atoms with Crippen molar-refractivity contribution in [1.82, 2.24) is 4.90 Å². The fourth-order valence-corrected chi connectivity index (χ4v) is 3.14. The molecular formula is C18H16N2O3Se. The number of amides is 1. The SMILES string of the molecule is Cc1ccc(N2C(=O)C(=Cc3cc(O)cc(O)c3)N(C)C2=[Se])cc1. The summed E-state index contributed by atoms with van der Waals surface area (Å²) in [5, 5.41) is 19.2. The molecule has 3 rings (SSSR count). The van der Waals surface area contributed by atoms with Crippen molar-refractivity contribution < 1.29 is 15.0 Å². The molecule has 1 fully saturated rings. The van der Waals surface area contributed by atoms with Crippen LogP contribution in [0.1, 0.15) is 11.1 Å². The van der Waals surface area contributed by atoms with Crippen LogP contribution in [0.25, 0.3) is 6.08 Å². The third-order valence-electron chi connectivity index (χ3n) is 3.78. The van der Waals surface area contributed by atoms with Crippen LogP contribution >= 0.6 is 0 Å². The summed E-state index contributed by atoms with van der Waals surface area (Å²) in [5.74, 6) is -0.298. The molecule has 1 aliphatic heterocycles. The third-order valence-corrected chi connectivity index (χ3v) is 4.74. The topological polar surface area (TPSA) is 64.0 Å². The van der Waals surface area contributed by atoms with Gasteiger partial charge in [-0.25, -0.2) is 0 Å². The maximum absolute atomic E-state index is 12.8. The van der Waals surface area contributed by atoms with E-state index in [1.54, 1.807) is 22.9 Å². The average Bonchev–Trinajstić information content (AvgIpc) is 2.71. The molecule has 2 aromatic carbocycles. The van der Waals surface area contributed by atoms with E-state index in [0.717, 1.165) is 11.3 Å². The van der Waals surface area contributed by atoms with E-state index in [2.05, 4.69) is 15.6 Å². The first kappa shape index (κ1) is 16.3. The molecule has 0 radical (unpaired) electrons. The van der Waals surface area contributed by atoms with Crippen LogP contribution < -0.4 is 4.90 Å². The summed E-state index contributed by atoms with van der Waals surface area (Å²) < 4.78 is 0.666. The molecule has 0 unspecified atom stereocenters. The van der Waals surface area contributed by atoms with Crippen LogP contribution in [0.3, 0.4) is 0 Å². The second kappa shape index (κ2) is 6.15. The Labute approximate surface area is 147 Å². The summed E-state index contributed by atoms with van der Waals surface area (Å²) in [6.07, 6.45) is 1.63. The normalized spacial score (nSPS) is 16.3. The van der Waals surface area contributed by atoms with Crippen molar-refractivity contribution in [3.05, 3.63) is 59.3 Å². The molecule has 0 aromatic heterocycles. The standard InChI is InChI=1S/C18H16N2O3Se/c1-11-3-5-13(6-4-11)20-17(23)16(19(2)18(20)24)9-12-7-14(21)10-15(22)8-12/h3-10,21-22H,1-2H3. The van der Waals surface area contributed by atoms with E-state index in [1.165, 1.54) is 18.2 Å². The van der Waals surface area contributed by atoms with Gasteiger partial charge in [-0.15, -0.1) is 0 Å². The molecule has 0 bridgehead atoms. The van der Waals surface area contributed by atoms with Gasteiger partial charge in [-0.05, 0) is 0 Å². The van der Waals surface area contributed by atoms with Gasteiger partial charge in [0.25, 0.3) is 0 Å². The van der Waals surface area contributed by atoms with Crippen LogP contribution in [0.15, 0.2) is 48.2 Å². The monoisotopic (exact) mass is 388 g/mol. The van der Waals surface area contributed by atoms with Crippen molar-refractivity contribution in [3.63, 3.8) is 0 Å². The van der Waals surface area contributed by atoms with Gasteiger partial charge in [-0.1, -0.05) is 0 Å². The summed E-state index contributed by atoms with van der Waals surface area (Å²) >= 11 is 2.93. The first-order valence-corrected chi connectivity index (χ1v) is 8.16. The van der Waals surface area contributed by atoms with Gasteiger partial charge in [-0.3, -0.25) is 0 Å². The second-order valence-corrected chi connectivity index (χ2v) is 6.40. The van der Waals surface area contributed by atoms with E-state index in [9.17, 15) is 15.0 Å². The number of phenols is 2. The van der Waals surface area contributed by atoms with Gasteiger partial charge in [0.2, 0.25) is 0 Å². The molecule has 0 atom stereocenters. The molecule has 6 heteroatoms. The molecule has 5 nitrogen and oxygen atoms in total. The molecule has 0 aliphatic carbocycles. The van der Waals surface area contributed by atoms with Crippen LogP contribution in [0.2, 0.25) is 0 Å². The first-order valence-electron chi connectivity index (χ1n) is 7.30. The van der Waals surface area contributed by atoms with Gasteiger partial charge in [0, 0.05) is 0 Å². The summed E-state index contributed by atoms with van der Waals surface area (Å²) in [6.45, 7) is 1.99. The maximum atomic E-state index is 12.8. The summed E-state index contributed by atoms with van der Waals surface area (Å²) in [6, 6.07) is 11.9. The Hall–Kier alpha value is -2.56. The van der Waals surface area contributed by atoms with Gasteiger partial charge in [-0.2, -0.15) is 0 Å². The van der Waals surface area contributed by atoms with Crippen LogP contribution in [0, 0.1) is 6.92 Å². The molecule has 1 aliphatic rings. The fraction of sp³-hybridized carbons (Fsp3) is 0.111. The number of phenolic OH excluding ortho intramolecular Hbond substituents is 2. The predicted molar refractivity (Wildman–Crippen MR) is 94.9 cm³/mol. The second-order valence-electron chi connectivity index (χ2n) is 5.63. The van der Waals surface area contributed by atoms with Gasteiger partial charge in [0.15, 0.2) is 0 Å². The van der Waals surface area contributed by atoms with E-state index in [1.807, 2.05) is 31.2 Å². The number of carbonyl (C=O) groups is 1. The quantitative estimate of drug-likeness (QED) is 0.611. The number of rotatable bonds is 2. The summed E-state index contributed by atoms with van der Waals surface area (Å²) in [5.41, 5.74) is 2.87. The number of carbonyl (C=O) groups excluding carboxylic acids is 1. The molecule has 1 heterocycles. The average molecular weight is 387 g/mol. The van der Waals surface area contributed by atoms with Crippen molar-refractivity contribution in [2.45, 2.75) is 6.92 Å². The number of benzene rings is 2. The van der Waals surface area contributed by atoms with Crippen LogP contribution in [0.4, 0.5) is 5.69 Å². The number of likely N-dealkylation sites (N-methyl/N-ethyl adjacent to an activating group) is 1. The molecule has 2 aromatic rings. The molecular weight excluding hydrogens is 371 g/mol. The molecule has 0 saturated carbocycles. The number of aryl methyl sites for hydroxylation is 1. The Balaban J connectivity index is 2.01. The Kier molecular flexibility index (Phi) is 4.18. The van der Waals surface area contributed by atoms with Crippen LogP contribution in [-0.4, -0.2) is 48.3 Å². The zero-order chi connectivity index (χ0) is 17.4. The Bertz CT molecular complexity index is 839. The number of aromatic hydroxyl groups is 2. The van der Waals surface area contributed by atoms with Crippen molar-refractivity contribution in [2.24, 2.45) is 0 Å². The van der Waals surface area contributed by atoms with E-state index in [-0.39, 0.29) is 17.4 Å². The molecule has 122 valence electrons. The van der Waals surface area contributed by atoms with Crippen molar-refractivity contribution >= 4 is 37.9 Å². The Morgan fingerprint density at radius 2 is 1.62 bits per heavy atom. The van der Waals surface area contributed by atoms with E-state index in [4.69, 9.17) is 0 Å². The minimum absolute atomic E-state index is 0.0578. The molecule has 0 spiro atoms. The zero-order valence-electron chi connectivity index (χ0n) is 13.2. The number of nitrogens with zero attached hydrogens (tertiary/aromatic N) is 2. The van der Waals surface area contributed by atoms with Gasteiger partial charge in [0.05, 0.1) is 0 Å². The van der Waals surface area contributed by atoms with Crippen LogP contribution in [0.5, 0.6) is 11.5 Å². The number of hydrogen-bond acceptors (Lipinski definition) is 4. The van der Waals surface area contributed by atoms with Crippen LogP contribution in [-0.2, 0) is 4.79 Å². The Morgan fingerprint density at radius 1 is 1.04 bits per heavy atom. The van der Waals surface area contributed by atoms with Crippen molar-refractivity contribution in [2.75, 3.05) is 11.9 Å². The zero-order valence-corrected chi connectivity index (χ0v) is 14.9. The summed E-state index contributed by atoms with van der Waals surface area (Å²) in [4.78, 5) is 16.2. The van der Waals surface area contributed by atoms with Gasteiger partial charge >= 0.3 is 147 Å². The number of anilines is 1. The van der Waals surface area contributed by atoms with E-state index in [0.29, 0.717) is 15.9 Å². The molecule has 1 amide bonds. The van der Waals surface area contributed by atoms with Gasteiger partial charge in [0.1, 0.15) is 0 Å². The van der Waals surface area contributed by atoms with Gasteiger partial charge < -0.3 is 0 Å². The molecule has 24 heavy (non-hydrogen) atoms. The molecule has 1 saturated heterocycles. The van der Waals surface area contributed by atoms with E-state index < -0.39 is 0 Å². The minimum atomic E-state index is -0.182.